The van der Waals surface area contributed by atoms with Crippen molar-refractivity contribution < 1.29 is 19.1 Å². The van der Waals surface area contributed by atoms with E-state index in [0.717, 1.165) is 11.5 Å². The van der Waals surface area contributed by atoms with E-state index in [0.29, 0.717) is 6.42 Å². The molecule has 0 atom stereocenters. The fraction of sp³-hybridized carbons (Fsp3) is 0.818. The largest absolute Gasteiger partial charge is 0.469 e. The molecule has 0 saturated carbocycles. The summed E-state index contributed by atoms with van der Waals surface area (Å²) >= 11 is 3.03. The molecule has 0 spiro atoms. The van der Waals surface area contributed by atoms with Crippen LogP contribution in [0.1, 0.15) is 26.7 Å². The number of hydrogen-bond donors (Lipinski definition) is 0. The molecule has 4 nitrogen and oxygen atoms in total. The van der Waals surface area contributed by atoms with Gasteiger partial charge in [0.2, 0.25) is 0 Å². The summed E-state index contributed by atoms with van der Waals surface area (Å²) in [7, 11) is 2.73. The molecule has 100 valence electrons. The molecule has 0 saturated heterocycles. The van der Waals surface area contributed by atoms with Crippen molar-refractivity contribution in [1.29, 1.82) is 0 Å². The molecule has 0 N–H and O–H groups in total. The van der Waals surface area contributed by atoms with Gasteiger partial charge in [-0.3, -0.25) is 4.79 Å². The predicted octanol–water partition coefficient (Wildman–Crippen LogP) is 2.32. The second kappa shape index (κ2) is 8.69. The molecule has 0 aromatic heterocycles. The fourth-order valence-electron chi connectivity index (χ4n) is 1.40. The lowest BCUT2D eigenvalue weighted by Crippen LogP contribution is -2.34. The lowest BCUT2D eigenvalue weighted by Gasteiger charge is -2.28. The SMILES string of the molecule is CCSC(CCC(=O)OC)(SCC)C(=O)OC. The minimum atomic E-state index is -0.688. The van der Waals surface area contributed by atoms with E-state index in [4.69, 9.17) is 4.74 Å². The van der Waals surface area contributed by atoms with Crippen molar-refractivity contribution in [1.82, 2.24) is 0 Å². The first-order valence-electron chi connectivity index (χ1n) is 5.49. The third-order valence-electron chi connectivity index (χ3n) is 2.14. The summed E-state index contributed by atoms with van der Waals surface area (Å²) in [5.74, 6) is 1.01. The molecule has 17 heavy (non-hydrogen) atoms. The summed E-state index contributed by atoms with van der Waals surface area (Å²) < 4.78 is 8.77. The van der Waals surface area contributed by atoms with Gasteiger partial charge >= 0.3 is 11.9 Å². The highest BCUT2D eigenvalue weighted by Crippen LogP contribution is 2.42. The summed E-state index contributed by atoms with van der Waals surface area (Å²) in [5, 5.41) is 0. The van der Waals surface area contributed by atoms with Crippen LogP contribution in [0.2, 0.25) is 0 Å². The maximum atomic E-state index is 11.9. The standard InChI is InChI=1S/C11H20O4S2/c1-5-16-11(17-6-2,10(13)15-4)8-7-9(12)14-3/h5-8H2,1-4H3. The Morgan fingerprint density at radius 2 is 1.59 bits per heavy atom. The Morgan fingerprint density at radius 3 is 1.94 bits per heavy atom. The smallest absolute Gasteiger partial charge is 0.332 e. The van der Waals surface area contributed by atoms with Crippen molar-refractivity contribution >= 4 is 35.5 Å². The highest BCUT2D eigenvalue weighted by atomic mass is 32.2. The summed E-state index contributed by atoms with van der Waals surface area (Å²) in [4.78, 5) is 23.1. The van der Waals surface area contributed by atoms with Crippen molar-refractivity contribution in [2.24, 2.45) is 0 Å². The number of carbonyl (C=O) groups is 2. The molecule has 0 unspecified atom stereocenters. The fourth-order valence-corrected chi connectivity index (χ4v) is 4.26. The molecular formula is C11H20O4S2. The number of hydrogen-bond acceptors (Lipinski definition) is 6. The van der Waals surface area contributed by atoms with E-state index in [-0.39, 0.29) is 18.4 Å². The van der Waals surface area contributed by atoms with Crippen molar-refractivity contribution in [2.75, 3.05) is 25.7 Å². The molecule has 6 heteroatoms. The van der Waals surface area contributed by atoms with Crippen LogP contribution in [0, 0.1) is 0 Å². The van der Waals surface area contributed by atoms with E-state index in [2.05, 4.69) is 4.74 Å². The van der Waals surface area contributed by atoms with Crippen molar-refractivity contribution in [3.8, 4) is 0 Å². The van der Waals surface area contributed by atoms with Gasteiger partial charge in [0.25, 0.3) is 0 Å². The van der Waals surface area contributed by atoms with Gasteiger partial charge in [-0.2, -0.15) is 0 Å². The van der Waals surface area contributed by atoms with Crippen molar-refractivity contribution in [3.05, 3.63) is 0 Å². The molecule has 0 radical (unpaired) electrons. The summed E-state index contributed by atoms with van der Waals surface area (Å²) in [6, 6.07) is 0. The predicted molar refractivity (Wildman–Crippen MR) is 72.3 cm³/mol. The number of ether oxygens (including phenoxy) is 2. The Kier molecular flexibility index (Phi) is 8.51. The number of esters is 2. The van der Waals surface area contributed by atoms with Gasteiger partial charge in [0, 0.05) is 6.42 Å². The summed E-state index contributed by atoms with van der Waals surface area (Å²) in [6.07, 6.45) is 0.662. The lowest BCUT2D eigenvalue weighted by molar-refractivity contribution is -0.142. The second-order valence-electron chi connectivity index (χ2n) is 3.19. The maximum Gasteiger partial charge on any atom is 0.332 e. The highest BCUT2D eigenvalue weighted by Gasteiger charge is 2.40. The van der Waals surface area contributed by atoms with Gasteiger partial charge in [0.15, 0.2) is 4.08 Å². The Morgan fingerprint density at radius 1 is 1.06 bits per heavy atom. The summed E-state index contributed by atoms with van der Waals surface area (Å²) in [5.41, 5.74) is 0. The van der Waals surface area contributed by atoms with E-state index in [9.17, 15) is 9.59 Å². The number of methoxy groups -OCH3 is 2. The normalized spacial score (nSPS) is 11.1. The quantitative estimate of drug-likeness (QED) is 0.502. The number of carbonyl (C=O) groups excluding carboxylic acids is 2. The molecule has 0 aliphatic heterocycles. The Bertz CT molecular complexity index is 250. The van der Waals surface area contributed by atoms with Crippen LogP contribution in [0.25, 0.3) is 0 Å². The van der Waals surface area contributed by atoms with Crippen LogP contribution < -0.4 is 0 Å². The number of thioether (sulfide) groups is 2. The molecule has 0 aromatic rings. The average Bonchev–Trinajstić information content (AvgIpc) is 2.34. The molecule has 0 aliphatic carbocycles. The minimum Gasteiger partial charge on any atom is -0.469 e. The van der Waals surface area contributed by atoms with Crippen LogP contribution >= 0.6 is 23.5 Å². The van der Waals surface area contributed by atoms with Crippen LogP contribution in [0.15, 0.2) is 0 Å². The van der Waals surface area contributed by atoms with Crippen LogP contribution in [0.3, 0.4) is 0 Å². The molecule has 0 bridgehead atoms. The van der Waals surface area contributed by atoms with E-state index in [1.165, 1.54) is 37.7 Å². The molecular weight excluding hydrogens is 260 g/mol. The zero-order valence-electron chi connectivity index (χ0n) is 10.8. The third kappa shape index (κ3) is 5.21. The molecule has 0 aliphatic rings. The van der Waals surface area contributed by atoms with Gasteiger partial charge < -0.3 is 9.47 Å². The first kappa shape index (κ1) is 16.6. The van der Waals surface area contributed by atoms with Gasteiger partial charge in [-0.15, -0.1) is 23.5 Å². The first-order valence-corrected chi connectivity index (χ1v) is 7.46. The van der Waals surface area contributed by atoms with Crippen LogP contribution in [0.4, 0.5) is 0 Å². The molecule has 0 amide bonds. The van der Waals surface area contributed by atoms with Crippen LogP contribution in [-0.2, 0) is 19.1 Å². The lowest BCUT2D eigenvalue weighted by atomic mass is 10.2. The van der Waals surface area contributed by atoms with Gasteiger partial charge in [-0.1, -0.05) is 13.8 Å². The van der Waals surface area contributed by atoms with E-state index in [1.807, 2.05) is 13.8 Å². The third-order valence-corrected chi connectivity index (χ3v) is 5.10. The zero-order chi connectivity index (χ0) is 13.3. The Hall–Kier alpha value is -0.360. The molecule has 0 heterocycles. The zero-order valence-corrected chi connectivity index (χ0v) is 12.4. The minimum absolute atomic E-state index is 0.228. The van der Waals surface area contributed by atoms with Crippen molar-refractivity contribution in [3.63, 3.8) is 0 Å². The first-order chi connectivity index (χ1) is 8.06. The van der Waals surface area contributed by atoms with Crippen LogP contribution in [0.5, 0.6) is 0 Å². The number of rotatable bonds is 8. The maximum absolute atomic E-state index is 11.9. The van der Waals surface area contributed by atoms with Gasteiger partial charge in [-0.25, -0.2) is 4.79 Å². The van der Waals surface area contributed by atoms with E-state index >= 15 is 0 Å². The molecule has 0 aromatic carbocycles. The topological polar surface area (TPSA) is 52.6 Å². The van der Waals surface area contributed by atoms with Crippen molar-refractivity contribution in [2.45, 2.75) is 30.8 Å². The monoisotopic (exact) mass is 280 g/mol. The second-order valence-corrected chi connectivity index (χ2v) is 6.57. The Labute approximate surface area is 111 Å². The molecule has 0 rings (SSSR count). The van der Waals surface area contributed by atoms with Crippen LogP contribution in [-0.4, -0.2) is 41.7 Å². The Balaban J connectivity index is 4.76. The van der Waals surface area contributed by atoms with E-state index < -0.39 is 4.08 Å². The average molecular weight is 280 g/mol. The highest BCUT2D eigenvalue weighted by molar-refractivity contribution is 8.19. The van der Waals surface area contributed by atoms with Gasteiger partial charge in [-0.05, 0) is 17.9 Å². The molecule has 0 fully saturated rings. The van der Waals surface area contributed by atoms with Gasteiger partial charge in [0.05, 0.1) is 14.2 Å². The summed E-state index contributed by atoms with van der Waals surface area (Å²) in [6.45, 7) is 3.97. The van der Waals surface area contributed by atoms with Gasteiger partial charge in [0.1, 0.15) is 0 Å². The van der Waals surface area contributed by atoms with E-state index in [1.54, 1.807) is 0 Å².